The molecule has 18 heavy (non-hydrogen) atoms. The van der Waals surface area contributed by atoms with Crippen LogP contribution >= 0.6 is 11.6 Å². The van der Waals surface area contributed by atoms with Crippen LogP contribution < -0.4 is 10.1 Å². The quantitative estimate of drug-likeness (QED) is 0.857. The van der Waals surface area contributed by atoms with Crippen LogP contribution in [-0.4, -0.2) is 17.7 Å². The Morgan fingerprint density at radius 3 is 2.94 bits per heavy atom. The van der Waals surface area contributed by atoms with Gasteiger partial charge in [-0.25, -0.2) is 0 Å². The number of fused-ring (bicyclic) bond motifs is 3. The van der Waals surface area contributed by atoms with Crippen molar-refractivity contribution in [2.24, 2.45) is 7.05 Å². The first-order valence-corrected chi connectivity index (χ1v) is 6.56. The van der Waals surface area contributed by atoms with Gasteiger partial charge >= 0.3 is 0 Å². The molecule has 0 amide bonds. The predicted octanol–water partition coefficient (Wildman–Crippen LogP) is 2.87. The molecule has 1 N–H and O–H groups in total. The fraction of sp³-hybridized carbons (Fsp3) is 0.429. The number of rotatable bonds is 1. The van der Waals surface area contributed by atoms with E-state index in [2.05, 4.69) is 29.9 Å². The van der Waals surface area contributed by atoms with E-state index in [9.17, 15) is 0 Å². The molecule has 1 aromatic carbocycles. The number of benzene rings is 1. The highest BCUT2D eigenvalue weighted by Gasteiger charge is 2.22. The molecule has 0 saturated carbocycles. The van der Waals surface area contributed by atoms with E-state index in [1.54, 1.807) is 7.11 Å². The molecule has 1 aromatic heterocycles. The van der Waals surface area contributed by atoms with Gasteiger partial charge in [0.25, 0.3) is 0 Å². The van der Waals surface area contributed by atoms with Gasteiger partial charge in [-0.15, -0.1) is 0 Å². The van der Waals surface area contributed by atoms with Crippen LogP contribution in [0.5, 0.6) is 5.75 Å². The van der Waals surface area contributed by atoms with E-state index in [1.165, 1.54) is 22.2 Å². The summed E-state index contributed by atoms with van der Waals surface area (Å²) in [6.07, 6.45) is 1.05. The second-order valence-corrected chi connectivity index (χ2v) is 5.38. The SMILES string of the molecule is COc1cc2c3c(n(C)c2cc1Cl)CNC(C)C3. The smallest absolute Gasteiger partial charge is 0.138 e. The molecule has 96 valence electrons. The molecule has 3 nitrogen and oxygen atoms in total. The third-order valence-electron chi connectivity index (χ3n) is 3.84. The van der Waals surface area contributed by atoms with Crippen LogP contribution in [0.4, 0.5) is 0 Å². The zero-order chi connectivity index (χ0) is 12.9. The Labute approximate surface area is 112 Å². The lowest BCUT2D eigenvalue weighted by Gasteiger charge is -2.21. The normalized spacial score (nSPS) is 19.0. The largest absolute Gasteiger partial charge is 0.495 e. The molecule has 4 heteroatoms. The van der Waals surface area contributed by atoms with Crippen molar-refractivity contribution in [3.05, 3.63) is 28.4 Å². The lowest BCUT2D eigenvalue weighted by atomic mass is 9.99. The van der Waals surface area contributed by atoms with E-state index in [-0.39, 0.29) is 0 Å². The molecule has 0 saturated heterocycles. The van der Waals surface area contributed by atoms with E-state index in [0.29, 0.717) is 11.1 Å². The van der Waals surface area contributed by atoms with Crippen molar-refractivity contribution in [3.8, 4) is 5.75 Å². The van der Waals surface area contributed by atoms with Crippen LogP contribution in [0.1, 0.15) is 18.2 Å². The number of aryl methyl sites for hydroxylation is 1. The van der Waals surface area contributed by atoms with E-state index >= 15 is 0 Å². The van der Waals surface area contributed by atoms with Crippen molar-refractivity contribution in [2.45, 2.75) is 25.9 Å². The molecule has 1 unspecified atom stereocenters. The van der Waals surface area contributed by atoms with E-state index in [0.717, 1.165) is 18.7 Å². The average molecular weight is 265 g/mol. The van der Waals surface area contributed by atoms with Gasteiger partial charge < -0.3 is 14.6 Å². The molecular formula is C14H17ClN2O. The van der Waals surface area contributed by atoms with Gasteiger partial charge in [0.05, 0.1) is 17.6 Å². The number of hydrogen-bond acceptors (Lipinski definition) is 2. The molecule has 0 radical (unpaired) electrons. The summed E-state index contributed by atoms with van der Waals surface area (Å²) in [7, 11) is 3.76. The highest BCUT2D eigenvalue weighted by Crippen LogP contribution is 2.35. The number of ether oxygens (including phenoxy) is 1. The van der Waals surface area contributed by atoms with E-state index < -0.39 is 0 Å². The first kappa shape index (κ1) is 11.9. The Morgan fingerprint density at radius 2 is 2.22 bits per heavy atom. The number of methoxy groups -OCH3 is 1. The summed E-state index contributed by atoms with van der Waals surface area (Å²) >= 11 is 6.21. The Kier molecular flexibility index (Phi) is 2.76. The van der Waals surface area contributed by atoms with Gasteiger partial charge in [-0.3, -0.25) is 0 Å². The summed E-state index contributed by atoms with van der Waals surface area (Å²) in [6.45, 7) is 3.14. The molecule has 0 bridgehead atoms. The monoisotopic (exact) mass is 264 g/mol. The summed E-state index contributed by atoms with van der Waals surface area (Å²) < 4.78 is 7.55. The second-order valence-electron chi connectivity index (χ2n) is 4.97. The lowest BCUT2D eigenvalue weighted by molar-refractivity contribution is 0.415. The maximum atomic E-state index is 6.21. The molecule has 1 aliphatic heterocycles. The molecule has 2 heterocycles. The minimum atomic E-state index is 0.518. The Morgan fingerprint density at radius 1 is 1.44 bits per heavy atom. The molecule has 0 fully saturated rings. The molecule has 1 atom stereocenters. The van der Waals surface area contributed by atoms with E-state index in [1.807, 2.05) is 6.07 Å². The fourth-order valence-electron chi connectivity index (χ4n) is 2.82. The van der Waals surface area contributed by atoms with Crippen LogP contribution in [0, 0.1) is 0 Å². The standard InChI is InChI=1S/C14H17ClN2O/c1-8-4-9-10-5-14(18-3)11(15)6-12(10)17(2)13(9)7-16-8/h5-6,8,16H,4,7H2,1-3H3. The minimum Gasteiger partial charge on any atom is -0.495 e. The topological polar surface area (TPSA) is 26.2 Å². The summed E-state index contributed by atoms with van der Waals surface area (Å²) in [4.78, 5) is 0. The Hall–Kier alpha value is -1.19. The number of nitrogens with one attached hydrogen (secondary N) is 1. The van der Waals surface area contributed by atoms with Crippen LogP contribution in [-0.2, 0) is 20.0 Å². The highest BCUT2D eigenvalue weighted by atomic mass is 35.5. The van der Waals surface area contributed by atoms with Crippen molar-refractivity contribution in [1.29, 1.82) is 0 Å². The van der Waals surface area contributed by atoms with Crippen molar-refractivity contribution in [3.63, 3.8) is 0 Å². The summed E-state index contributed by atoms with van der Waals surface area (Å²) in [6, 6.07) is 4.58. The maximum absolute atomic E-state index is 6.21. The zero-order valence-corrected chi connectivity index (χ0v) is 11.6. The zero-order valence-electron chi connectivity index (χ0n) is 10.9. The summed E-state index contributed by atoms with van der Waals surface area (Å²) in [5, 5.41) is 5.43. The predicted molar refractivity (Wildman–Crippen MR) is 74.5 cm³/mol. The average Bonchev–Trinajstić information content (AvgIpc) is 2.61. The van der Waals surface area contributed by atoms with Gasteiger partial charge in [-0.2, -0.15) is 0 Å². The van der Waals surface area contributed by atoms with Crippen LogP contribution in [0.2, 0.25) is 5.02 Å². The van der Waals surface area contributed by atoms with Gasteiger partial charge in [0.15, 0.2) is 0 Å². The number of hydrogen-bond donors (Lipinski definition) is 1. The molecule has 0 spiro atoms. The first-order valence-electron chi connectivity index (χ1n) is 6.19. The van der Waals surface area contributed by atoms with Crippen molar-refractivity contribution in [2.75, 3.05) is 7.11 Å². The molecule has 3 rings (SSSR count). The Balaban J connectivity index is 2.31. The summed E-state index contributed by atoms with van der Waals surface area (Å²) in [5.41, 5.74) is 3.96. The molecule has 2 aromatic rings. The van der Waals surface area contributed by atoms with Crippen molar-refractivity contribution < 1.29 is 4.74 Å². The number of aromatic nitrogens is 1. The molecule has 1 aliphatic rings. The van der Waals surface area contributed by atoms with Gasteiger partial charge in [-0.1, -0.05) is 11.6 Å². The van der Waals surface area contributed by atoms with E-state index in [4.69, 9.17) is 16.3 Å². The maximum Gasteiger partial charge on any atom is 0.138 e. The van der Waals surface area contributed by atoms with Crippen molar-refractivity contribution >= 4 is 22.5 Å². The Bertz CT molecular complexity index is 618. The van der Waals surface area contributed by atoms with Crippen LogP contribution in [0.3, 0.4) is 0 Å². The van der Waals surface area contributed by atoms with Gasteiger partial charge in [0, 0.05) is 30.7 Å². The third kappa shape index (κ3) is 1.62. The number of nitrogens with zero attached hydrogens (tertiary/aromatic N) is 1. The van der Waals surface area contributed by atoms with Crippen molar-refractivity contribution in [1.82, 2.24) is 9.88 Å². The van der Waals surface area contributed by atoms with Gasteiger partial charge in [0.2, 0.25) is 0 Å². The highest BCUT2D eigenvalue weighted by molar-refractivity contribution is 6.32. The van der Waals surface area contributed by atoms with Gasteiger partial charge in [0.1, 0.15) is 5.75 Å². The minimum absolute atomic E-state index is 0.518. The lowest BCUT2D eigenvalue weighted by Crippen LogP contribution is -2.33. The number of halogens is 1. The first-order chi connectivity index (χ1) is 8.61. The third-order valence-corrected chi connectivity index (χ3v) is 4.13. The fourth-order valence-corrected chi connectivity index (χ4v) is 3.06. The summed E-state index contributed by atoms with van der Waals surface area (Å²) in [5.74, 6) is 0.753. The van der Waals surface area contributed by atoms with Gasteiger partial charge in [-0.05, 0) is 31.0 Å². The second kappa shape index (κ2) is 4.18. The molecule has 0 aliphatic carbocycles. The molecular weight excluding hydrogens is 248 g/mol. The van der Waals surface area contributed by atoms with Crippen LogP contribution in [0.25, 0.3) is 10.9 Å². The van der Waals surface area contributed by atoms with Crippen LogP contribution in [0.15, 0.2) is 12.1 Å².